The van der Waals surface area contributed by atoms with Crippen molar-refractivity contribution in [3.05, 3.63) is 24.3 Å². The molecule has 1 amide bonds. The molecule has 0 radical (unpaired) electrons. The summed E-state index contributed by atoms with van der Waals surface area (Å²) in [6, 6.07) is 7.56. The summed E-state index contributed by atoms with van der Waals surface area (Å²) in [4.78, 5) is 16.0. The third kappa shape index (κ3) is 4.11. The molecular weight excluding hydrogens is 266 g/mol. The minimum atomic E-state index is 0.0433. The molecule has 2 rings (SSSR count). The van der Waals surface area contributed by atoms with Gasteiger partial charge in [0.05, 0.1) is 18.3 Å². The van der Waals surface area contributed by atoms with Gasteiger partial charge >= 0.3 is 0 Å². The van der Waals surface area contributed by atoms with Crippen LogP contribution in [0.15, 0.2) is 24.3 Å². The van der Waals surface area contributed by atoms with Crippen molar-refractivity contribution in [2.24, 2.45) is 0 Å². The normalized spacial score (nSPS) is 18.7. The smallest absolute Gasteiger partial charge is 0.239 e. The number of rotatable bonds is 6. The standard InChI is InChI=1S/C16H25N3O2/c1-18(2)16(20)14-8-5-10-19(14)11-6-12-21-15-9-4-3-7-13(15)17/h3-4,7,9,14H,5-6,8,10-12,17H2,1-2H3. The van der Waals surface area contributed by atoms with Crippen molar-refractivity contribution in [2.45, 2.75) is 25.3 Å². The van der Waals surface area contributed by atoms with E-state index in [1.165, 1.54) is 0 Å². The van der Waals surface area contributed by atoms with Crippen molar-refractivity contribution < 1.29 is 9.53 Å². The quantitative estimate of drug-likeness (QED) is 0.639. The molecule has 1 saturated heterocycles. The Morgan fingerprint density at radius 1 is 1.43 bits per heavy atom. The van der Waals surface area contributed by atoms with Crippen LogP contribution in [0.25, 0.3) is 0 Å². The number of anilines is 1. The number of carbonyl (C=O) groups excluding carboxylic acids is 1. The first-order chi connectivity index (χ1) is 10.1. The summed E-state index contributed by atoms with van der Waals surface area (Å²) >= 11 is 0. The number of para-hydroxylation sites is 2. The van der Waals surface area contributed by atoms with Gasteiger partial charge in [0.1, 0.15) is 5.75 Å². The van der Waals surface area contributed by atoms with Crippen LogP contribution in [0, 0.1) is 0 Å². The molecule has 1 aromatic rings. The molecule has 5 nitrogen and oxygen atoms in total. The van der Waals surface area contributed by atoms with Crippen molar-refractivity contribution in [1.82, 2.24) is 9.80 Å². The van der Waals surface area contributed by atoms with E-state index in [0.29, 0.717) is 12.3 Å². The summed E-state index contributed by atoms with van der Waals surface area (Å²) in [7, 11) is 3.64. The average Bonchev–Trinajstić information content (AvgIpc) is 2.92. The van der Waals surface area contributed by atoms with E-state index in [1.54, 1.807) is 4.90 Å². The SMILES string of the molecule is CN(C)C(=O)C1CCCN1CCCOc1ccccc1N. The van der Waals surface area contributed by atoms with Crippen molar-refractivity contribution >= 4 is 11.6 Å². The summed E-state index contributed by atoms with van der Waals surface area (Å²) in [6.45, 7) is 2.50. The van der Waals surface area contributed by atoms with Gasteiger partial charge < -0.3 is 15.4 Å². The van der Waals surface area contributed by atoms with E-state index in [9.17, 15) is 4.79 Å². The van der Waals surface area contributed by atoms with Crippen LogP contribution >= 0.6 is 0 Å². The van der Waals surface area contributed by atoms with Gasteiger partial charge in [0.25, 0.3) is 0 Å². The molecular formula is C16H25N3O2. The zero-order valence-electron chi connectivity index (χ0n) is 12.9. The van der Waals surface area contributed by atoms with Gasteiger partial charge in [-0.25, -0.2) is 0 Å². The Bertz CT molecular complexity index is 476. The number of hydrogen-bond acceptors (Lipinski definition) is 4. The van der Waals surface area contributed by atoms with Crippen LogP contribution in [-0.2, 0) is 4.79 Å². The molecule has 2 N–H and O–H groups in total. The predicted molar refractivity (Wildman–Crippen MR) is 84.3 cm³/mol. The maximum Gasteiger partial charge on any atom is 0.239 e. The number of carbonyl (C=O) groups is 1. The number of nitrogens with two attached hydrogens (primary N) is 1. The molecule has 1 heterocycles. The molecule has 1 fully saturated rings. The Kier molecular flexibility index (Phi) is 5.44. The highest BCUT2D eigenvalue weighted by Gasteiger charge is 2.30. The minimum absolute atomic E-state index is 0.0433. The van der Waals surface area contributed by atoms with Gasteiger partial charge in [0.2, 0.25) is 5.91 Å². The molecule has 0 bridgehead atoms. The largest absolute Gasteiger partial charge is 0.491 e. The van der Waals surface area contributed by atoms with E-state index < -0.39 is 0 Å². The van der Waals surface area contributed by atoms with Crippen LogP contribution < -0.4 is 10.5 Å². The summed E-state index contributed by atoms with van der Waals surface area (Å²) in [5.74, 6) is 0.945. The van der Waals surface area contributed by atoms with Crippen LogP contribution in [-0.4, -0.2) is 55.5 Å². The Morgan fingerprint density at radius 2 is 2.19 bits per heavy atom. The molecule has 1 aliphatic rings. The third-order valence-electron chi connectivity index (χ3n) is 3.86. The zero-order chi connectivity index (χ0) is 15.2. The van der Waals surface area contributed by atoms with Gasteiger partial charge in [-0.3, -0.25) is 9.69 Å². The highest BCUT2D eigenvalue weighted by atomic mass is 16.5. The fourth-order valence-electron chi connectivity index (χ4n) is 2.73. The Labute approximate surface area is 126 Å². The molecule has 1 aliphatic heterocycles. The molecule has 0 spiro atoms. The van der Waals surface area contributed by atoms with Gasteiger partial charge in [-0.1, -0.05) is 12.1 Å². The van der Waals surface area contributed by atoms with Crippen LogP contribution in [0.5, 0.6) is 5.75 Å². The molecule has 116 valence electrons. The highest BCUT2D eigenvalue weighted by Crippen LogP contribution is 2.21. The summed E-state index contributed by atoms with van der Waals surface area (Å²) in [5.41, 5.74) is 6.50. The number of amides is 1. The van der Waals surface area contributed by atoms with E-state index in [2.05, 4.69) is 4.90 Å². The second-order valence-corrected chi connectivity index (χ2v) is 5.67. The van der Waals surface area contributed by atoms with E-state index in [4.69, 9.17) is 10.5 Å². The molecule has 0 aromatic heterocycles. The van der Waals surface area contributed by atoms with E-state index in [-0.39, 0.29) is 11.9 Å². The van der Waals surface area contributed by atoms with Crippen molar-refractivity contribution in [3.8, 4) is 5.75 Å². The first-order valence-electron chi connectivity index (χ1n) is 7.52. The van der Waals surface area contributed by atoms with Crippen LogP contribution in [0.1, 0.15) is 19.3 Å². The fraction of sp³-hybridized carbons (Fsp3) is 0.562. The predicted octanol–water partition coefficient (Wildman–Crippen LogP) is 1.59. The number of likely N-dealkylation sites (tertiary alicyclic amines) is 1. The topological polar surface area (TPSA) is 58.8 Å². The van der Waals surface area contributed by atoms with Crippen LogP contribution in [0.3, 0.4) is 0 Å². The van der Waals surface area contributed by atoms with Gasteiger partial charge in [0, 0.05) is 20.6 Å². The highest BCUT2D eigenvalue weighted by molar-refractivity contribution is 5.81. The Balaban J connectivity index is 1.75. The lowest BCUT2D eigenvalue weighted by Crippen LogP contribution is -2.43. The van der Waals surface area contributed by atoms with Crippen molar-refractivity contribution in [3.63, 3.8) is 0 Å². The molecule has 21 heavy (non-hydrogen) atoms. The van der Waals surface area contributed by atoms with Crippen LogP contribution in [0.4, 0.5) is 5.69 Å². The van der Waals surface area contributed by atoms with Crippen LogP contribution in [0.2, 0.25) is 0 Å². The molecule has 1 aromatic carbocycles. The molecule has 1 atom stereocenters. The molecule has 1 unspecified atom stereocenters. The summed E-state index contributed by atoms with van der Waals surface area (Å²) in [5, 5.41) is 0. The van der Waals surface area contributed by atoms with Gasteiger partial charge in [-0.05, 0) is 37.9 Å². The van der Waals surface area contributed by atoms with Gasteiger partial charge in [0.15, 0.2) is 0 Å². The van der Waals surface area contributed by atoms with E-state index in [0.717, 1.165) is 38.1 Å². The summed E-state index contributed by atoms with van der Waals surface area (Å²) in [6.07, 6.45) is 2.95. The molecule has 5 heteroatoms. The lowest BCUT2D eigenvalue weighted by molar-refractivity contribution is -0.133. The number of hydrogen-bond donors (Lipinski definition) is 1. The second kappa shape index (κ2) is 7.31. The number of likely N-dealkylation sites (N-methyl/N-ethyl adjacent to an activating group) is 1. The van der Waals surface area contributed by atoms with Gasteiger partial charge in [-0.15, -0.1) is 0 Å². The van der Waals surface area contributed by atoms with Crippen molar-refractivity contribution in [2.75, 3.05) is 39.5 Å². The molecule has 0 aliphatic carbocycles. The Morgan fingerprint density at radius 3 is 2.90 bits per heavy atom. The Hall–Kier alpha value is -1.75. The number of ether oxygens (including phenoxy) is 1. The van der Waals surface area contributed by atoms with E-state index in [1.807, 2.05) is 38.4 Å². The number of nitrogens with zero attached hydrogens (tertiary/aromatic N) is 2. The van der Waals surface area contributed by atoms with Crippen molar-refractivity contribution in [1.29, 1.82) is 0 Å². The fourth-order valence-corrected chi connectivity index (χ4v) is 2.73. The lowest BCUT2D eigenvalue weighted by atomic mass is 10.2. The maximum atomic E-state index is 12.1. The number of benzene rings is 1. The lowest BCUT2D eigenvalue weighted by Gasteiger charge is -2.26. The molecule has 0 saturated carbocycles. The minimum Gasteiger partial charge on any atom is -0.491 e. The monoisotopic (exact) mass is 291 g/mol. The third-order valence-corrected chi connectivity index (χ3v) is 3.86. The first kappa shape index (κ1) is 15.6. The van der Waals surface area contributed by atoms with Gasteiger partial charge in [-0.2, -0.15) is 0 Å². The first-order valence-corrected chi connectivity index (χ1v) is 7.52. The zero-order valence-corrected chi connectivity index (χ0v) is 12.9. The number of nitrogen functional groups attached to an aromatic ring is 1. The van der Waals surface area contributed by atoms with E-state index >= 15 is 0 Å². The average molecular weight is 291 g/mol. The second-order valence-electron chi connectivity index (χ2n) is 5.67. The summed E-state index contributed by atoms with van der Waals surface area (Å²) < 4.78 is 5.69. The maximum absolute atomic E-state index is 12.1.